The summed E-state index contributed by atoms with van der Waals surface area (Å²) in [6.45, 7) is 7.72. The van der Waals surface area contributed by atoms with E-state index in [0.29, 0.717) is 0 Å². The molecule has 6 N–H and O–H groups in total. The molecule has 2 heterocycles. The SMILES string of the molecule is CC(C)[C@H](NC(=O)N(C)Cc1nccs1)C(=O)N[C@@H](Cc1ccccc1)[C@H](O)[C@H](O)[C@H](Cc1ccccc1)NC(=O)[C@H](NC(=O)N(C)Cc1nccs1)C(C)C. The second-order valence-electron chi connectivity index (χ2n) is 14.5. The Morgan fingerprint density at radius 3 is 1.27 bits per heavy atom. The highest BCUT2D eigenvalue weighted by Crippen LogP contribution is 2.17. The van der Waals surface area contributed by atoms with Crippen molar-refractivity contribution in [2.75, 3.05) is 14.1 Å². The highest BCUT2D eigenvalue weighted by Gasteiger charge is 2.38. The highest BCUT2D eigenvalue weighted by atomic mass is 32.1. The fraction of sp³-hybridized carbons (Fsp3) is 0.450. The van der Waals surface area contributed by atoms with Crippen molar-refractivity contribution in [1.29, 1.82) is 0 Å². The Labute approximate surface area is 336 Å². The number of aliphatic hydroxyl groups excluding tert-OH is 2. The number of hydrogen-bond acceptors (Lipinski definition) is 10. The van der Waals surface area contributed by atoms with Gasteiger partial charge in [0.05, 0.1) is 25.2 Å². The molecule has 6 amide bonds. The van der Waals surface area contributed by atoms with Crippen LogP contribution in [0, 0.1) is 11.8 Å². The Kier molecular flexibility index (Phi) is 16.8. The molecule has 0 spiro atoms. The lowest BCUT2D eigenvalue weighted by Crippen LogP contribution is -2.62. The van der Waals surface area contributed by atoms with Gasteiger partial charge in [0.2, 0.25) is 11.8 Å². The largest absolute Gasteiger partial charge is 0.388 e. The lowest BCUT2D eigenvalue weighted by Gasteiger charge is -2.35. The number of benzene rings is 2. The first-order valence-electron chi connectivity index (χ1n) is 18.6. The first-order chi connectivity index (χ1) is 26.7. The minimum absolute atomic E-state index is 0.135. The molecule has 0 aliphatic carbocycles. The molecular weight excluding hydrogens is 753 g/mol. The van der Waals surface area contributed by atoms with Gasteiger partial charge in [-0.2, -0.15) is 0 Å². The molecule has 0 fully saturated rings. The second-order valence-corrected chi connectivity index (χ2v) is 16.5. The van der Waals surface area contributed by atoms with Gasteiger partial charge in [0.25, 0.3) is 0 Å². The monoisotopic (exact) mass is 806 g/mol. The van der Waals surface area contributed by atoms with Gasteiger partial charge in [-0.3, -0.25) is 9.59 Å². The first kappa shape index (κ1) is 43.8. The van der Waals surface area contributed by atoms with Gasteiger partial charge in [-0.15, -0.1) is 22.7 Å². The van der Waals surface area contributed by atoms with E-state index in [1.165, 1.54) is 32.5 Å². The number of nitrogens with zero attached hydrogens (tertiary/aromatic N) is 4. The Morgan fingerprint density at radius 1 is 0.607 bits per heavy atom. The van der Waals surface area contributed by atoms with Crippen LogP contribution >= 0.6 is 22.7 Å². The van der Waals surface area contributed by atoms with Gasteiger partial charge in [-0.25, -0.2) is 19.6 Å². The average Bonchev–Trinajstić information content (AvgIpc) is 3.90. The van der Waals surface area contributed by atoms with Crippen molar-refractivity contribution < 1.29 is 29.4 Å². The van der Waals surface area contributed by atoms with Gasteiger partial charge >= 0.3 is 12.1 Å². The number of aliphatic hydroxyl groups is 2. The van der Waals surface area contributed by atoms with Crippen molar-refractivity contribution in [2.45, 2.75) is 90.0 Å². The van der Waals surface area contributed by atoms with Crippen molar-refractivity contribution in [3.63, 3.8) is 0 Å². The molecule has 14 nitrogen and oxygen atoms in total. The van der Waals surface area contributed by atoms with E-state index < -0.39 is 60.3 Å². The minimum atomic E-state index is -1.58. The Bertz CT molecular complexity index is 1670. The fourth-order valence-electron chi connectivity index (χ4n) is 6.04. The molecule has 302 valence electrons. The van der Waals surface area contributed by atoms with Gasteiger partial charge in [0.15, 0.2) is 0 Å². The van der Waals surface area contributed by atoms with Crippen LogP contribution < -0.4 is 21.3 Å². The van der Waals surface area contributed by atoms with Crippen LogP contribution in [0.5, 0.6) is 0 Å². The van der Waals surface area contributed by atoms with E-state index in [-0.39, 0.29) is 37.8 Å². The zero-order valence-corrected chi connectivity index (χ0v) is 34.3. The number of carbonyl (C=O) groups excluding carboxylic acids is 4. The van der Waals surface area contributed by atoms with Crippen LogP contribution in [-0.4, -0.2) is 104 Å². The number of aromatic nitrogens is 2. The Morgan fingerprint density at radius 2 is 0.964 bits per heavy atom. The molecule has 0 aliphatic heterocycles. The van der Waals surface area contributed by atoms with Crippen LogP contribution in [-0.2, 0) is 35.5 Å². The molecule has 0 bridgehead atoms. The third-order valence-corrected chi connectivity index (χ3v) is 10.8. The van der Waals surface area contributed by atoms with Crippen molar-refractivity contribution in [2.24, 2.45) is 11.8 Å². The maximum Gasteiger partial charge on any atom is 0.318 e. The molecule has 0 aliphatic rings. The van der Waals surface area contributed by atoms with E-state index in [0.717, 1.165) is 21.1 Å². The average molecular weight is 807 g/mol. The number of carbonyl (C=O) groups is 4. The van der Waals surface area contributed by atoms with Gasteiger partial charge in [-0.1, -0.05) is 88.4 Å². The zero-order valence-electron chi connectivity index (χ0n) is 32.7. The summed E-state index contributed by atoms with van der Waals surface area (Å²) in [5, 5.41) is 40.5. The summed E-state index contributed by atoms with van der Waals surface area (Å²) in [5.74, 6) is -1.76. The van der Waals surface area contributed by atoms with E-state index in [4.69, 9.17) is 0 Å². The van der Waals surface area contributed by atoms with Crippen LogP contribution in [0.4, 0.5) is 9.59 Å². The standard InChI is InChI=1S/C40H54N8O6S2/c1-25(2)33(45-39(53)47(5)23-31-41-17-19-55-31)37(51)43-29(21-27-13-9-7-10-14-27)35(49)36(50)30(22-28-15-11-8-12-16-28)44-38(52)34(26(3)4)46-40(54)48(6)24-32-42-18-20-56-32/h7-20,25-26,29-30,33-36,49-50H,21-24H2,1-6H3,(H,43,51)(H,44,52)(H,45,53)(H,46,54)/t29-,30-,33-,34+,35-,36+/m0/s1. The molecule has 0 radical (unpaired) electrons. The first-order valence-corrected chi connectivity index (χ1v) is 20.3. The predicted molar refractivity (Wildman–Crippen MR) is 218 cm³/mol. The van der Waals surface area contributed by atoms with E-state index >= 15 is 0 Å². The lowest BCUT2D eigenvalue weighted by atomic mass is 9.90. The van der Waals surface area contributed by atoms with Crippen LogP contribution in [0.2, 0.25) is 0 Å². The third kappa shape index (κ3) is 13.1. The summed E-state index contributed by atoms with van der Waals surface area (Å²) < 4.78 is 0. The summed E-state index contributed by atoms with van der Waals surface area (Å²) in [6.07, 6.45) is 0.418. The highest BCUT2D eigenvalue weighted by molar-refractivity contribution is 7.09. The topological polar surface area (TPSA) is 189 Å². The van der Waals surface area contributed by atoms with Gasteiger partial charge < -0.3 is 41.3 Å². The smallest absolute Gasteiger partial charge is 0.318 e. The molecule has 16 heteroatoms. The third-order valence-electron chi connectivity index (χ3n) is 9.29. The minimum Gasteiger partial charge on any atom is -0.388 e. The van der Waals surface area contributed by atoms with Crippen LogP contribution in [0.25, 0.3) is 0 Å². The Balaban J connectivity index is 1.56. The predicted octanol–water partition coefficient (Wildman–Crippen LogP) is 3.81. The summed E-state index contributed by atoms with van der Waals surface area (Å²) in [5.41, 5.74) is 1.57. The number of amides is 6. The van der Waals surface area contributed by atoms with Crippen molar-refractivity contribution >= 4 is 46.6 Å². The molecule has 4 aromatic rings. The fourth-order valence-corrected chi connectivity index (χ4v) is 7.38. The number of urea groups is 2. The van der Waals surface area contributed by atoms with Crippen LogP contribution in [0.3, 0.4) is 0 Å². The number of rotatable bonds is 19. The normalized spacial score (nSPS) is 14.5. The molecule has 0 saturated carbocycles. The van der Waals surface area contributed by atoms with Crippen molar-refractivity contribution in [3.8, 4) is 0 Å². The number of hydrogen-bond donors (Lipinski definition) is 6. The van der Waals surface area contributed by atoms with Gasteiger partial charge in [0, 0.05) is 37.2 Å². The lowest BCUT2D eigenvalue weighted by molar-refractivity contribution is -0.129. The molecule has 2 aromatic carbocycles. The van der Waals surface area contributed by atoms with E-state index in [9.17, 15) is 29.4 Å². The molecule has 2 aromatic heterocycles. The van der Waals surface area contributed by atoms with Gasteiger partial charge in [0.1, 0.15) is 34.3 Å². The molecule has 0 unspecified atom stereocenters. The van der Waals surface area contributed by atoms with E-state index in [1.807, 2.05) is 71.4 Å². The summed E-state index contributed by atoms with van der Waals surface area (Å²) >= 11 is 2.83. The summed E-state index contributed by atoms with van der Waals surface area (Å²) in [6, 6.07) is 13.4. The second kappa shape index (κ2) is 21.4. The quantitative estimate of drug-likeness (QED) is 0.0826. The molecule has 6 atom stereocenters. The Hall–Kier alpha value is -4.90. The van der Waals surface area contributed by atoms with E-state index in [2.05, 4.69) is 31.2 Å². The van der Waals surface area contributed by atoms with Crippen LogP contribution in [0.15, 0.2) is 83.8 Å². The van der Waals surface area contributed by atoms with Crippen molar-refractivity contribution in [1.82, 2.24) is 41.0 Å². The maximum atomic E-state index is 14.0. The molecular formula is C40H54N8O6S2. The summed E-state index contributed by atoms with van der Waals surface area (Å²) in [4.78, 5) is 65.7. The summed E-state index contributed by atoms with van der Waals surface area (Å²) in [7, 11) is 3.23. The molecule has 0 saturated heterocycles. The molecule has 56 heavy (non-hydrogen) atoms. The van der Waals surface area contributed by atoms with Crippen LogP contribution in [0.1, 0.15) is 48.8 Å². The number of thiazole rings is 2. The number of nitrogens with one attached hydrogen (secondary N) is 4. The molecule has 4 rings (SSSR count). The van der Waals surface area contributed by atoms with E-state index in [1.54, 1.807) is 54.2 Å². The van der Waals surface area contributed by atoms with Crippen molar-refractivity contribution in [3.05, 3.63) is 105 Å². The maximum absolute atomic E-state index is 14.0. The van der Waals surface area contributed by atoms with Gasteiger partial charge in [-0.05, 0) is 35.8 Å². The zero-order chi connectivity index (χ0) is 40.8.